The third kappa shape index (κ3) is 2.81. The molecule has 0 saturated heterocycles. The fourth-order valence-electron chi connectivity index (χ4n) is 1.59. The van der Waals surface area contributed by atoms with Crippen LogP contribution < -0.4 is 4.74 Å². The highest BCUT2D eigenvalue weighted by molar-refractivity contribution is 9.10. The van der Waals surface area contributed by atoms with Crippen LogP contribution in [0.5, 0.6) is 5.75 Å². The number of benzene rings is 1. The summed E-state index contributed by atoms with van der Waals surface area (Å²) in [6.07, 6.45) is -1.58. The van der Waals surface area contributed by atoms with Gasteiger partial charge < -0.3 is 14.6 Å². The lowest BCUT2D eigenvalue weighted by molar-refractivity contribution is -0.153. The first kappa shape index (κ1) is 14.9. The van der Waals surface area contributed by atoms with Gasteiger partial charge in [0.1, 0.15) is 0 Å². The molecule has 4 nitrogen and oxygen atoms in total. The second-order valence-corrected chi connectivity index (χ2v) is 4.42. The van der Waals surface area contributed by atoms with Crippen molar-refractivity contribution in [3.63, 3.8) is 0 Å². The quantitative estimate of drug-likeness (QED) is 0.866. The molecule has 18 heavy (non-hydrogen) atoms. The molecule has 6 heteroatoms. The van der Waals surface area contributed by atoms with E-state index in [2.05, 4.69) is 15.9 Å². The number of rotatable bonds is 4. The molecule has 0 radical (unpaired) electrons. The first-order valence-electron chi connectivity index (χ1n) is 5.31. The number of aliphatic hydroxyl groups is 1. The van der Waals surface area contributed by atoms with Crippen LogP contribution in [0.1, 0.15) is 24.2 Å². The highest BCUT2D eigenvalue weighted by atomic mass is 79.9. The zero-order valence-electron chi connectivity index (χ0n) is 10.3. The normalized spacial score (nSPS) is 12.1. The molecule has 0 aliphatic carbocycles. The molecule has 0 aromatic heterocycles. The van der Waals surface area contributed by atoms with Crippen LogP contribution in [0.25, 0.3) is 0 Å². The molecule has 1 aromatic rings. The highest BCUT2D eigenvalue weighted by Crippen LogP contribution is 2.36. The molecule has 100 valence electrons. The van der Waals surface area contributed by atoms with E-state index in [1.807, 2.05) is 0 Å². The van der Waals surface area contributed by atoms with Gasteiger partial charge in [0.2, 0.25) is 0 Å². The Morgan fingerprint density at radius 3 is 2.72 bits per heavy atom. The molecule has 0 heterocycles. The van der Waals surface area contributed by atoms with Crippen molar-refractivity contribution in [1.82, 2.24) is 0 Å². The Labute approximate surface area is 113 Å². The molecular formula is C12H14BrFO4. The second kappa shape index (κ2) is 6.15. The molecule has 1 aromatic carbocycles. The number of hydrogen-bond donors (Lipinski definition) is 1. The largest absolute Gasteiger partial charge is 0.493 e. The van der Waals surface area contributed by atoms with Gasteiger partial charge in [-0.3, -0.25) is 0 Å². The summed E-state index contributed by atoms with van der Waals surface area (Å²) < 4.78 is 23.7. The van der Waals surface area contributed by atoms with Gasteiger partial charge in [0.25, 0.3) is 0 Å². The van der Waals surface area contributed by atoms with Crippen LogP contribution >= 0.6 is 15.9 Å². The number of hydrogen-bond acceptors (Lipinski definition) is 4. The summed E-state index contributed by atoms with van der Waals surface area (Å²) in [5.74, 6) is -1.65. The minimum absolute atomic E-state index is 0.0721. The van der Waals surface area contributed by atoms with Crippen LogP contribution in [0, 0.1) is 12.7 Å². The van der Waals surface area contributed by atoms with E-state index in [9.17, 15) is 14.3 Å². The van der Waals surface area contributed by atoms with Gasteiger partial charge in [0.05, 0.1) is 13.7 Å². The van der Waals surface area contributed by atoms with Gasteiger partial charge in [-0.1, -0.05) is 15.9 Å². The predicted molar refractivity (Wildman–Crippen MR) is 67.0 cm³/mol. The number of carbonyl (C=O) groups excluding carboxylic acids is 1. The smallest absolute Gasteiger partial charge is 0.339 e. The number of carbonyl (C=O) groups is 1. The van der Waals surface area contributed by atoms with Crippen LogP contribution in [-0.4, -0.2) is 24.8 Å². The van der Waals surface area contributed by atoms with Gasteiger partial charge in [-0.25, -0.2) is 9.18 Å². The summed E-state index contributed by atoms with van der Waals surface area (Å²) in [6, 6.07) is 1.22. The lowest BCUT2D eigenvalue weighted by Crippen LogP contribution is -2.18. The zero-order valence-corrected chi connectivity index (χ0v) is 11.9. The Bertz CT molecular complexity index is 462. The number of esters is 1. The third-order valence-corrected chi connectivity index (χ3v) is 3.29. The molecule has 0 saturated carbocycles. The zero-order chi connectivity index (χ0) is 13.9. The first-order chi connectivity index (χ1) is 8.43. The van der Waals surface area contributed by atoms with Crippen molar-refractivity contribution in [2.45, 2.75) is 20.0 Å². The molecule has 0 spiro atoms. The molecule has 0 bridgehead atoms. The number of ether oxygens (including phenoxy) is 2. The van der Waals surface area contributed by atoms with E-state index in [1.54, 1.807) is 13.8 Å². The van der Waals surface area contributed by atoms with Crippen LogP contribution in [0.3, 0.4) is 0 Å². The molecule has 0 amide bonds. The Balaban J connectivity index is 3.33. The van der Waals surface area contributed by atoms with Crippen molar-refractivity contribution in [3.05, 3.63) is 27.5 Å². The van der Waals surface area contributed by atoms with Crippen molar-refractivity contribution in [1.29, 1.82) is 0 Å². The number of halogens is 2. The maximum atomic E-state index is 13.7. The van der Waals surface area contributed by atoms with E-state index in [1.165, 1.54) is 13.2 Å². The minimum atomic E-state index is -1.58. The Kier molecular flexibility index (Phi) is 5.10. The van der Waals surface area contributed by atoms with E-state index < -0.39 is 17.9 Å². The van der Waals surface area contributed by atoms with Crippen molar-refractivity contribution in [2.75, 3.05) is 13.7 Å². The second-order valence-electron chi connectivity index (χ2n) is 3.57. The maximum Gasteiger partial charge on any atom is 0.339 e. The van der Waals surface area contributed by atoms with E-state index in [0.29, 0.717) is 10.0 Å². The van der Waals surface area contributed by atoms with Crippen molar-refractivity contribution in [3.8, 4) is 5.75 Å². The van der Waals surface area contributed by atoms with Gasteiger partial charge in [0, 0.05) is 10.0 Å². The topological polar surface area (TPSA) is 55.8 Å². The monoisotopic (exact) mass is 320 g/mol. The molecule has 1 N–H and O–H groups in total. The van der Waals surface area contributed by atoms with Gasteiger partial charge >= 0.3 is 5.97 Å². The van der Waals surface area contributed by atoms with Gasteiger partial charge in [-0.15, -0.1) is 0 Å². The average Bonchev–Trinajstić information content (AvgIpc) is 2.32. The van der Waals surface area contributed by atoms with Gasteiger partial charge in [-0.05, 0) is 25.5 Å². The van der Waals surface area contributed by atoms with Gasteiger partial charge in [-0.2, -0.15) is 0 Å². The summed E-state index contributed by atoms with van der Waals surface area (Å²) in [5, 5.41) is 9.92. The number of methoxy groups -OCH3 is 1. The Hall–Kier alpha value is -1.14. The van der Waals surface area contributed by atoms with E-state index in [0.717, 1.165) is 0 Å². The fraction of sp³-hybridized carbons (Fsp3) is 0.417. The fourth-order valence-corrected chi connectivity index (χ4v) is 2.00. The first-order valence-corrected chi connectivity index (χ1v) is 6.10. The van der Waals surface area contributed by atoms with Crippen LogP contribution in [0.15, 0.2) is 10.5 Å². The van der Waals surface area contributed by atoms with Crippen molar-refractivity contribution in [2.24, 2.45) is 0 Å². The molecular weight excluding hydrogens is 307 g/mol. The lowest BCUT2D eigenvalue weighted by Gasteiger charge is -2.17. The minimum Gasteiger partial charge on any atom is -0.493 e. The summed E-state index contributed by atoms with van der Waals surface area (Å²) >= 11 is 3.16. The molecule has 0 aliphatic rings. The average molecular weight is 321 g/mol. The SMILES string of the molecule is CCOC(=O)C(O)c1c(C)c(Br)cc(F)c1OC. The summed E-state index contributed by atoms with van der Waals surface area (Å²) in [6.45, 7) is 3.40. The lowest BCUT2D eigenvalue weighted by atomic mass is 10.0. The number of aliphatic hydroxyl groups excluding tert-OH is 1. The molecule has 1 atom stereocenters. The molecule has 1 rings (SSSR count). The van der Waals surface area contributed by atoms with Crippen molar-refractivity contribution >= 4 is 21.9 Å². The maximum absolute atomic E-state index is 13.7. The summed E-state index contributed by atoms with van der Waals surface area (Å²) in [4.78, 5) is 11.5. The predicted octanol–water partition coefficient (Wildman–Crippen LogP) is 2.50. The van der Waals surface area contributed by atoms with E-state index in [-0.39, 0.29) is 17.9 Å². The van der Waals surface area contributed by atoms with Gasteiger partial charge in [0.15, 0.2) is 17.7 Å². The summed E-state index contributed by atoms with van der Waals surface area (Å²) in [5.41, 5.74) is 0.594. The molecule has 0 aliphatic heterocycles. The Morgan fingerprint density at radius 2 is 2.22 bits per heavy atom. The standard InChI is InChI=1S/C12H14BrFO4/c1-4-18-12(16)10(15)9-6(2)7(13)5-8(14)11(9)17-3/h5,10,15H,4H2,1-3H3. The highest BCUT2D eigenvalue weighted by Gasteiger charge is 2.27. The van der Waals surface area contributed by atoms with E-state index >= 15 is 0 Å². The summed E-state index contributed by atoms with van der Waals surface area (Å²) in [7, 11) is 1.27. The van der Waals surface area contributed by atoms with Crippen LogP contribution in [0.2, 0.25) is 0 Å². The third-order valence-electron chi connectivity index (χ3n) is 2.46. The van der Waals surface area contributed by atoms with E-state index in [4.69, 9.17) is 9.47 Å². The van der Waals surface area contributed by atoms with Crippen molar-refractivity contribution < 1.29 is 23.8 Å². The Morgan fingerprint density at radius 1 is 1.61 bits per heavy atom. The molecule has 0 fully saturated rings. The van der Waals surface area contributed by atoms with Crippen LogP contribution in [-0.2, 0) is 9.53 Å². The molecule has 1 unspecified atom stereocenters. The van der Waals surface area contributed by atoms with Crippen LogP contribution in [0.4, 0.5) is 4.39 Å².